The molecule has 2 aromatic rings. The third-order valence-corrected chi connectivity index (χ3v) is 3.77. The molecule has 0 radical (unpaired) electrons. The molecule has 0 bridgehead atoms. The molecular weight excluding hydrogens is 280 g/mol. The van der Waals surface area contributed by atoms with E-state index in [0.29, 0.717) is 13.1 Å². The number of fused-ring (bicyclic) bond motifs is 1. The quantitative estimate of drug-likeness (QED) is 0.737. The van der Waals surface area contributed by atoms with Crippen LogP contribution in [0, 0.1) is 5.92 Å². The van der Waals surface area contributed by atoms with Crippen LogP contribution in [0.1, 0.15) is 23.2 Å². The maximum absolute atomic E-state index is 12.1. The van der Waals surface area contributed by atoms with Crippen LogP contribution in [-0.2, 0) is 4.79 Å². The van der Waals surface area contributed by atoms with Crippen LogP contribution < -0.4 is 10.6 Å². The number of carbonyl (C=O) groups excluding carboxylic acids is 2. The van der Waals surface area contributed by atoms with Gasteiger partial charge in [-0.2, -0.15) is 0 Å². The summed E-state index contributed by atoms with van der Waals surface area (Å²) in [6.45, 7) is 0.735. The molecule has 1 fully saturated rings. The number of phenolic OH excluding ortho intramolecular Hbond substituents is 1. The maximum Gasteiger partial charge on any atom is 0.255 e. The lowest BCUT2D eigenvalue weighted by Crippen LogP contribution is -2.35. The monoisotopic (exact) mass is 298 g/mol. The SMILES string of the molecule is O=C(NCCNC(=O)C1CC1)c1cc2ccccc2cc1O. The van der Waals surface area contributed by atoms with Crippen molar-refractivity contribution in [3.8, 4) is 5.75 Å². The summed E-state index contributed by atoms with van der Waals surface area (Å²) < 4.78 is 0. The van der Waals surface area contributed by atoms with Gasteiger partial charge in [-0.15, -0.1) is 0 Å². The zero-order chi connectivity index (χ0) is 15.5. The van der Waals surface area contributed by atoms with Crippen molar-refractivity contribution in [3.05, 3.63) is 42.0 Å². The molecule has 5 nitrogen and oxygen atoms in total. The molecule has 0 saturated heterocycles. The molecule has 3 N–H and O–H groups in total. The van der Waals surface area contributed by atoms with Crippen molar-refractivity contribution >= 4 is 22.6 Å². The van der Waals surface area contributed by atoms with Gasteiger partial charge in [0.25, 0.3) is 5.91 Å². The Balaban J connectivity index is 1.59. The molecule has 0 aliphatic heterocycles. The number of carbonyl (C=O) groups is 2. The normalized spacial score (nSPS) is 13.8. The fraction of sp³-hybridized carbons (Fsp3) is 0.294. The average molecular weight is 298 g/mol. The smallest absolute Gasteiger partial charge is 0.255 e. The second kappa shape index (κ2) is 6.05. The van der Waals surface area contributed by atoms with Crippen LogP contribution in [-0.4, -0.2) is 30.0 Å². The predicted octanol–water partition coefficient (Wildman–Crippen LogP) is 1.80. The van der Waals surface area contributed by atoms with Crippen LogP contribution in [0.25, 0.3) is 10.8 Å². The standard InChI is InChI=1S/C17H18N2O3/c20-15-10-13-4-2-1-3-12(13)9-14(15)17(22)19-8-7-18-16(21)11-5-6-11/h1-4,9-11,20H,5-8H2,(H,18,21)(H,19,22). The molecule has 0 unspecified atom stereocenters. The van der Waals surface area contributed by atoms with Gasteiger partial charge >= 0.3 is 0 Å². The van der Waals surface area contributed by atoms with E-state index in [0.717, 1.165) is 23.6 Å². The topological polar surface area (TPSA) is 78.4 Å². The minimum Gasteiger partial charge on any atom is -0.507 e. The Morgan fingerprint density at radius 2 is 1.68 bits per heavy atom. The molecule has 5 heteroatoms. The summed E-state index contributed by atoms with van der Waals surface area (Å²) in [5.74, 6) is -0.162. The first-order valence-corrected chi connectivity index (χ1v) is 7.43. The summed E-state index contributed by atoms with van der Waals surface area (Å²) in [5, 5.41) is 17.2. The molecule has 3 rings (SSSR count). The van der Waals surface area contributed by atoms with Crippen LogP contribution >= 0.6 is 0 Å². The van der Waals surface area contributed by atoms with Crippen molar-refractivity contribution in [2.45, 2.75) is 12.8 Å². The van der Waals surface area contributed by atoms with Gasteiger partial charge in [-0.05, 0) is 35.7 Å². The summed E-state index contributed by atoms with van der Waals surface area (Å²) in [6, 6.07) is 10.8. The molecular formula is C17H18N2O3. The molecule has 22 heavy (non-hydrogen) atoms. The van der Waals surface area contributed by atoms with E-state index in [1.807, 2.05) is 24.3 Å². The molecule has 0 spiro atoms. The summed E-state index contributed by atoms with van der Waals surface area (Å²) in [5.41, 5.74) is 0.243. The van der Waals surface area contributed by atoms with E-state index >= 15 is 0 Å². The van der Waals surface area contributed by atoms with E-state index in [9.17, 15) is 14.7 Å². The van der Waals surface area contributed by atoms with Crippen LogP contribution in [0.15, 0.2) is 36.4 Å². The first-order chi connectivity index (χ1) is 10.6. The predicted molar refractivity (Wildman–Crippen MR) is 83.7 cm³/mol. The van der Waals surface area contributed by atoms with Gasteiger partial charge in [0, 0.05) is 19.0 Å². The third-order valence-electron chi connectivity index (χ3n) is 3.77. The maximum atomic E-state index is 12.1. The van der Waals surface area contributed by atoms with Crippen LogP contribution in [0.3, 0.4) is 0 Å². The number of benzene rings is 2. The number of hydrogen-bond acceptors (Lipinski definition) is 3. The lowest BCUT2D eigenvalue weighted by atomic mass is 10.1. The summed E-state index contributed by atoms with van der Waals surface area (Å²) in [7, 11) is 0. The molecule has 114 valence electrons. The van der Waals surface area contributed by atoms with E-state index < -0.39 is 0 Å². The van der Waals surface area contributed by atoms with Crippen LogP contribution in [0.2, 0.25) is 0 Å². The first-order valence-electron chi connectivity index (χ1n) is 7.43. The fourth-order valence-electron chi connectivity index (χ4n) is 2.36. The Kier molecular flexibility index (Phi) is 3.96. The Hall–Kier alpha value is -2.56. The second-order valence-corrected chi connectivity index (χ2v) is 5.54. The molecule has 0 aromatic heterocycles. The highest BCUT2D eigenvalue weighted by molar-refractivity contribution is 6.01. The van der Waals surface area contributed by atoms with Gasteiger partial charge in [0.05, 0.1) is 5.56 Å². The zero-order valence-electron chi connectivity index (χ0n) is 12.1. The Bertz CT molecular complexity index is 723. The number of rotatable bonds is 5. The van der Waals surface area contributed by atoms with Gasteiger partial charge in [0.15, 0.2) is 0 Å². The number of amides is 2. The summed E-state index contributed by atoms with van der Waals surface area (Å²) in [4.78, 5) is 23.6. The van der Waals surface area contributed by atoms with Crippen molar-refractivity contribution < 1.29 is 14.7 Å². The molecule has 1 saturated carbocycles. The molecule has 2 amide bonds. The number of nitrogens with one attached hydrogen (secondary N) is 2. The number of aromatic hydroxyl groups is 1. The van der Waals surface area contributed by atoms with Gasteiger partial charge in [-0.25, -0.2) is 0 Å². The minimum atomic E-state index is -0.344. The highest BCUT2D eigenvalue weighted by atomic mass is 16.3. The molecule has 1 aliphatic rings. The second-order valence-electron chi connectivity index (χ2n) is 5.54. The van der Waals surface area contributed by atoms with Crippen molar-refractivity contribution in [2.24, 2.45) is 5.92 Å². The van der Waals surface area contributed by atoms with Crippen molar-refractivity contribution in [1.29, 1.82) is 0 Å². The van der Waals surface area contributed by atoms with E-state index in [-0.39, 0.29) is 29.0 Å². The summed E-state index contributed by atoms with van der Waals surface area (Å²) >= 11 is 0. The summed E-state index contributed by atoms with van der Waals surface area (Å²) in [6.07, 6.45) is 1.92. The Morgan fingerprint density at radius 1 is 1.05 bits per heavy atom. The van der Waals surface area contributed by atoms with Gasteiger partial charge in [0.2, 0.25) is 5.91 Å². The molecule has 1 aliphatic carbocycles. The van der Waals surface area contributed by atoms with Gasteiger partial charge < -0.3 is 15.7 Å². The first kappa shape index (κ1) is 14.4. The van der Waals surface area contributed by atoms with Crippen molar-refractivity contribution in [2.75, 3.05) is 13.1 Å². The molecule has 2 aromatic carbocycles. The van der Waals surface area contributed by atoms with Crippen molar-refractivity contribution in [1.82, 2.24) is 10.6 Å². The zero-order valence-corrected chi connectivity index (χ0v) is 12.1. The average Bonchev–Trinajstić information content (AvgIpc) is 3.35. The molecule has 0 atom stereocenters. The Morgan fingerprint density at radius 3 is 2.36 bits per heavy atom. The lowest BCUT2D eigenvalue weighted by Gasteiger charge is -2.09. The highest BCUT2D eigenvalue weighted by Gasteiger charge is 2.29. The van der Waals surface area contributed by atoms with Gasteiger partial charge in [-0.1, -0.05) is 24.3 Å². The van der Waals surface area contributed by atoms with E-state index in [2.05, 4.69) is 10.6 Å². The van der Waals surface area contributed by atoms with Crippen LogP contribution in [0.4, 0.5) is 0 Å². The Labute approximate surface area is 128 Å². The van der Waals surface area contributed by atoms with Crippen molar-refractivity contribution in [3.63, 3.8) is 0 Å². The minimum absolute atomic E-state index is 0.0433. The lowest BCUT2D eigenvalue weighted by molar-refractivity contribution is -0.122. The van der Waals surface area contributed by atoms with Gasteiger partial charge in [-0.3, -0.25) is 9.59 Å². The number of phenols is 1. The van der Waals surface area contributed by atoms with E-state index in [1.165, 1.54) is 0 Å². The fourth-order valence-corrected chi connectivity index (χ4v) is 2.36. The third kappa shape index (κ3) is 3.19. The molecule has 0 heterocycles. The van der Waals surface area contributed by atoms with E-state index in [4.69, 9.17) is 0 Å². The number of hydrogen-bond donors (Lipinski definition) is 3. The largest absolute Gasteiger partial charge is 0.507 e. The highest BCUT2D eigenvalue weighted by Crippen LogP contribution is 2.28. The van der Waals surface area contributed by atoms with E-state index in [1.54, 1.807) is 12.1 Å². The van der Waals surface area contributed by atoms with Crippen LogP contribution in [0.5, 0.6) is 5.75 Å². The van der Waals surface area contributed by atoms with Gasteiger partial charge in [0.1, 0.15) is 5.75 Å².